The standard InChI is InChI=1S/C11H10N2O2/c1-6-3-2-4-7-9(6)8(11(14)15)5-13-10(7)12/h2-5H,1H3,(H2,12,13)(H,14,15). The molecule has 0 aliphatic heterocycles. The highest BCUT2D eigenvalue weighted by molar-refractivity contribution is 6.07. The number of nitrogens with two attached hydrogens (primary N) is 1. The second-order valence-corrected chi connectivity index (χ2v) is 3.36. The third kappa shape index (κ3) is 1.40. The Morgan fingerprint density at radius 1 is 1.47 bits per heavy atom. The fourth-order valence-corrected chi connectivity index (χ4v) is 1.67. The lowest BCUT2D eigenvalue weighted by molar-refractivity contribution is 0.0698. The predicted octanol–water partition coefficient (Wildman–Crippen LogP) is 1.82. The van der Waals surface area contributed by atoms with Crippen LogP contribution in [-0.2, 0) is 0 Å². The number of nitrogen functional groups attached to an aromatic ring is 1. The molecule has 2 rings (SSSR count). The van der Waals surface area contributed by atoms with Gasteiger partial charge in [-0.3, -0.25) is 0 Å². The summed E-state index contributed by atoms with van der Waals surface area (Å²) in [7, 11) is 0. The molecule has 0 fully saturated rings. The zero-order valence-electron chi connectivity index (χ0n) is 8.19. The minimum atomic E-state index is -0.984. The van der Waals surface area contributed by atoms with Crippen LogP contribution in [0.4, 0.5) is 5.82 Å². The molecule has 0 amide bonds. The van der Waals surface area contributed by atoms with Crippen molar-refractivity contribution < 1.29 is 9.90 Å². The molecule has 15 heavy (non-hydrogen) atoms. The molecular weight excluding hydrogens is 192 g/mol. The number of aromatic nitrogens is 1. The number of pyridine rings is 1. The van der Waals surface area contributed by atoms with E-state index in [1.54, 1.807) is 6.07 Å². The summed E-state index contributed by atoms with van der Waals surface area (Å²) < 4.78 is 0. The molecule has 0 saturated heterocycles. The Hall–Kier alpha value is -2.10. The Kier molecular flexibility index (Phi) is 2.04. The largest absolute Gasteiger partial charge is 0.478 e. The summed E-state index contributed by atoms with van der Waals surface area (Å²) in [6.45, 7) is 1.86. The quantitative estimate of drug-likeness (QED) is 0.739. The molecule has 0 atom stereocenters. The first-order valence-corrected chi connectivity index (χ1v) is 4.48. The van der Waals surface area contributed by atoms with Crippen LogP contribution in [0.15, 0.2) is 24.4 Å². The van der Waals surface area contributed by atoms with Crippen LogP contribution in [0, 0.1) is 6.92 Å². The van der Waals surface area contributed by atoms with Crippen molar-refractivity contribution in [1.82, 2.24) is 4.98 Å². The van der Waals surface area contributed by atoms with Crippen LogP contribution in [0.1, 0.15) is 15.9 Å². The average molecular weight is 202 g/mol. The number of carboxylic acids is 1. The molecule has 0 saturated carbocycles. The van der Waals surface area contributed by atoms with Crippen LogP contribution >= 0.6 is 0 Å². The van der Waals surface area contributed by atoms with Crippen molar-refractivity contribution in [2.45, 2.75) is 6.92 Å². The second kappa shape index (κ2) is 3.24. The van der Waals surface area contributed by atoms with E-state index in [9.17, 15) is 4.79 Å². The fraction of sp³-hybridized carbons (Fsp3) is 0.0909. The van der Waals surface area contributed by atoms with E-state index in [0.717, 1.165) is 5.56 Å². The van der Waals surface area contributed by atoms with Crippen molar-refractivity contribution in [3.05, 3.63) is 35.5 Å². The fourth-order valence-electron chi connectivity index (χ4n) is 1.67. The van der Waals surface area contributed by atoms with Gasteiger partial charge in [-0.25, -0.2) is 9.78 Å². The molecule has 1 heterocycles. The van der Waals surface area contributed by atoms with E-state index in [1.165, 1.54) is 6.20 Å². The van der Waals surface area contributed by atoms with Gasteiger partial charge in [-0.15, -0.1) is 0 Å². The first-order chi connectivity index (χ1) is 7.11. The van der Waals surface area contributed by atoms with Gasteiger partial charge in [0.25, 0.3) is 0 Å². The number of carbonyl (C=O) groups is 1. The van der Waals surface area contributed by atoms with E-state index in [0.29, 0.717) is 16.6 Å². The van der Waals surface area contributed by atoms with Crippen LogP contribution in [-0.4, -0.2) is 16.1 Å². The first-order valence-electron chi connectivity index (χ1n) is 4.48. The zero-order valence-corrected chi connectivity index (χ0v) is 8.19. The number of rotatable bonds is 1. The van der Waals surface area contributed by atoms with Gasteiger partial charge in [-0.05, 0) is 12.5 Å². The van der Waals surface area contributed by atoms with E-state index < -0.39 is 5.97 Å². The lowest BCUT2D eigenvalue weighted by Crippen LogP contribution is -2.02. The summed E-state index contributed by atoms with van der Waals surface area (Å²) in [5.41, 5.74) is 6.77. The Bertz CT molecular complexity index is 550. The molecule has 3 N–H and O–H groups in total. The monoisotopic (exact) mass is 202 g/mol. The number of aryl methyl sites for hydroxylation is 1. The molecule has 76 valence electrons. The van der Waals surface area contributed by atoms with Gasteiger partial charge in [0.1, 0.15) is 5.82 Å². The van der Waals surface area contributed by atoms with E-state index in [2.05, 4.69) is 4.98 Å². The topological polar surface area (TPSA) is 76.2 Å². The SMILES string of the molecule is Cc1cccc2c(N)ncc(C(=O)O)c12. The molecule has 0 aliphatic rings. The lowest BCUT2D eigenvalue weighted by Gasteiger charge is -2.07. The van der Waals surface area contributed by atoms with Crippen LogP contribution in [0.25, 0.3) is 10.8 Å². The Morgan fingerprint density at radius 2 is 2.20 bits per heavy atom. The maximum atomic E-state index is 11.0. The van der Waals surface area contributed by atoms with Crippen LogP contribution in [0.2, 0.25) is 0 Å². The summed E-state index contributed by atoms with van der Waals surface area (Å²) in [6.07, 6.45) is 1.30. The van der Waals surface area contributed by atoms with Crippen molar-refractivity contribution in [3.8, 4) is 0 Å². The number of hydrogen-bond acceptors (Lipinski definition) is 3. The number of benzene rings is 1. The molecule has 4 nitrogen and oxygen atoms in total. The number of hydrogen-bond donors (Lipinski definition) is 2. The minimum Gasteiger partial charge on any atom is -0.478 e. The number of anilines is 1. The number of fused-ring (bicyclic) bond motifs is 1. The first kappa shape index (κ1) is 9.45. The average Bonchev–Trinajstić information content (AvgIpc) is 2.19. The van der Waals surface area contributed by atoms with Gasteiger partial charge >= 0.3 is 5.97 Å². The maximum Gasteiger partial charge on any atom is 0.337 e. The van der Waals surface area contributed by atoms with Crippen LogP contribution < -0.4 is 5.73 Å². The minimum absolute atomic E-state index is 0.192. The molecule has 1 aromatic carbocycles. The second-order valence-electron chi connectivity index (χ2n) is 3.36. The number of carboxylic acid groups (broad SMARTS) is 1. The predicted molar refractivity (Wildman–Crippen MR) is 57.9 cm³/mol. The van der Waals surface area contributed by atoms with Crippen LogP contribution in [0.5, 0.6) is 0 Å². The molecule has 0 radical (unpaired) electrons. The van der Waals surface area contributed by atoms with Crippen molar-refractivity contribution in [2.75, 3.05) is 5.73 Å². The lowest BCUT2D eigenvalue weighted by atomic mass is 10.0. The zero-order chi connectivity index (χ0) is 11.0. The Morgan fingerprint density at radius 3 is 2.87 bits per heavy atom. The van der Waals surface area contributed by atoms with Gasteiger partial charge in [0, 0.05) is 17.0 Å². The van der Waals surface area contributed by atoms with E-state index in [-0.39, 0.29) is 5.56 Å². The van der Waals surface area contributed by atoms with Crippen molar-refractivity contribution in [1.29, 1.82) is 0 Å². The van der Waals surface area contributed by atoms with Gasteiger partial charge < -0.3 is 10.8 Å². The molecule has 0 aliphatic carbocycles. The summed E-state index contributed by atoms with van der Waals surface area (Å²) in [5.74, 6) is -0.625. The molecule has 0 unspecified atom stereocenters. The van der Waals surface area contributed by atoms with Crippen molar-refractivity contribution in [2.24, 2.45) is 0 Å². The smallest absolute Gasteiger partial charge is 0.337 e. The van der Waals surface area contributed by atoms with E-state index in [1.807, 2.05) is 19.1 Å². The summed E-state index contributed by atoms with van der Waals surface area (Å²) in [4.78, 5) is 14.9. The molecule has 0 bridgehead atoms. The molecule has 0 spiro atoms. The third-order valence-electron chi connectivity index (χ3n) is 2.38. The van der Waals surface area contributed by atoms with Gasteiger partial charge in [0.2, 0.25) is 0 Å². The number of nitrogens with zero attached hydrogens (tertiary/aromatic N) is 1. The van der Waals surface area contributed by atoms with Crippen LogP contribution in [0.3, 0.4) is 0 Å². The molecular formula is C11H10N2O2. The maximum absolute atomic E-state index is 11.0. The normalized spacial score (nSPS) is 10.5. The van der Waals surface area contributed by atoms with E-state index >= 15 is 0 Å². The summed E-state index contributed by atoms with van der Waals surface area (Å²) in [6, 6.07) is 5.46. The Balaban J connectivity index is 2.96. The highest BCUT2D eigenvalue weighted by atomic mass is 16.4. The molecule has 4 heteroatoms. The van der Waals surface area contributed by atoms with Crippen molar-refractivity contribution in [3.63, 3.8) is 0 Å². The Labute approximate surface area is 86.4 Å². The molecule has 2 aromatic rings. The highest BCUT2D eigenvalue weighted by Gasteiger charge is 2.12. The van der Waals surface area contributed by atoms with Crippen molar-refractivity contribution >= 4 is 22.6 Å². The number of aromatic carboxylic acids is 1. The van der Waals surface area contributed by atoms with E-state index in [4.69, 9.17) is 10.8 Å². The highest BCUT2D eigenvalue weighted by Crippen LogP contribution is 2.25. The van der Waals surface area contributed by atoms with Gasteiger partial charge in [0.05, 0.1) is 5.56 Å². The van der Waals surface area contributed by atoms with Gasteiger partial charge in [0.15, 0.2) is 0 Å². The third-order valence-corrected chi connectivity index (χ3v) is 2.38. The summed E-state index contributed by atoms with van der Waals surface area (Å²) >= 11 is 0. The van der Waals surface area contributed by atoms with Gasteiger partial charge in [-0.2, -0.15) is 0 Å². The molecule has 1 aromatic heterocycles. The van der Waals surface area contributed by atoms with Gasteiger partial charge in [-0.1, -0.05) is 18.2 Å². The summed E-state index contributed by atoms with van der Waals surface area (Å²) in [5, 5.41) is 10.4.